The fraction of sp³-hybridized carbons (Fsp3) is 0.600. The minimum Gasteiger partial charge on any atom is -0.478 e. The molecule has 1 aliphatic heterocycles. The SMILES string of the molecule is CN1CCC(NC(=O)/C=C\C(=O)O)CC1. The van der Waals surface area contributed by atoms with Gasteiger partial charge in [0.15, 0.2) is 0 Å². The maximum atomic E-state index is 11.2. The molecule has 5 heteroatoms. The lowest BCUT2D eigenvalue weighted by Crippen LogP contribution is -2.42. The predicted octanol–water partition coefficient (Wildman–Crippen LogP) is -0.162. The standard InChI is InChI=1S/C10H16N2O3/c1-12-6-4-8(5-7-12)11-9(13)2-3-10(14)15/h2-3,8H,4-7H2,1H3,(H,11,13)(H,14,15)/b3-2-. The van der Waals surface area contributed by atoms with Gasteiger partial charge in [0.1, 0.15) is 0 Å². The first-order chi connectivity index (χ1) is 7.08. The summed E-state index contributed by atoms with van der Waals surface area (Å²) in [5.74, 6) is -1.43. The Hall–Kier alpha value is -1.36. The number of carbonyl (C=O) groups excluding carboxylic acids is 1. The molecule has 0 aromatic rings. The van der Waals surface area contributed by atoms with Crippen LogP contribution in [0.5, 0.6) is 0 Å². The summed E-state index contributed by atoms with van der Waals surface area (Å²) in [5, 5.41) is 11.1. The van der Waals surface area contributed by atoms with Gasteiger partial charge in [0, 0.05) is 18.2 Å². The van der Waals surface area contributed by atoms with Crippen molar-refractivity contribution in [1.29, 1.82) is 0 Å². The monoisotopic (exact) mass is 212 g/mol. The van der Waals surface area contributed by atoms with Crippen LogP contribution in [0.1, 0.15) is 12.8 Å². The largest absolute Gasteiger partial charge is 0.478 e. The lowest BCUT2D eigenvalue weighted by molar-refractivity contribution is -0.131. The van der Waals surface area contributed by atoms with Crippen LogP contribution < -0.4 is 5.32 Å². The average Bonchev–Trinajstić information content (AvgIpc) is 2.19. The van der Waals surface area contributed by atoms with E-state index in [9.17, 15) is 9.59 Å². The average molecular weight is 212 g/mol. The van der Waals surface area contributed by atoms with Crippen molar-refractivity contribution < 1.29 is 14.7 Å². The highest BCUT2D eigenvalue weighted by atomic mass is 16.4. The molecule has 1 fully saturated rings. The first-order valence-corrected chi connectivity index (χ1v) is 4.98. The maximum absolute atomic E-state index is 11.2. The Morgan fingerprint density at radius 1 is 1.33 bits per heavy atom. The molecule has 84 valence electrons. The second-order valence-electron chi connectivity index (χ2n) is 3.76. The topological polar surface area (TPSA) is 69.6 Å². The first-order valence-electron chi connectivity index (χ1n) is 4.98. The Bertz CT molecular complexity index is 268. The Morgan fingerprint density at radius 2 is 1.93 bits per heavy atom. The fourth-order valence-electron chi connectivity index (χ4n) is 1.55. The molecular formula is C10H16N2O3. The van der Waals surface area contributed by atoms with Gasteiger partial charge in [-0.1, -0.05) is 0 Å². The molecule has 0 aliphatic carbocycles. The number of hydrogen-bond acceptors (Lipinski definition) is 3. The molecule has 0 unspecified atom stereocenters. The zero-order valence-corrected chi connectivity index (χ0v) is 8.77. The van der Waals surface area contributed by atoms with E-state index in [0.29, 0.717) is 0 Å². The number of rotatable bonds is 3. The van der Waals surface area contributed by atoms with Crippen LogP contribution >= 0.6 is 0 Å². The maximum Gasteiger partial charge on any atom is 0.328 e. The van der Waals surface area contributed by atoms with Crippen LogP contribution in [0.3, 0.4) is 0 Å². The van der Waals surface area contributed by atoms with Crippen molar-refractivity contribution in [1.82, 2.24) is 10.2 Å². The minimum atomic E-state index is -1.10. The quantitative estimate of drug-likeness (QED) is 0.638. The van der Waals surface area contributed by atoms with Gasteiger partial charge in [0.05, 0.1) is 0 Å². The fourth-order valence-corrected chi connectivity index (χ4v) is 1.55. The van der Waals surface area contributed by atoms with E-state index >= 15 is 0 Å². The summed E-state index contributed by atoms with van der Waals surface area (Å²) in [6.45, 7) is 1.93. The molecule has 5 nitrogen and oxygen atoms in total. The number of nitrogens with one attached hydrogen (secondary N) is 1. The van der Waals surface area contributed by atoms with Crippen LogP contribution in [0.25, 0.3) is 0 Å². The summed E-state index contributed by atoms with van der Waals surface area (Å²) >= 11 is 0. The zero-order valence-electron chi connectivity index (χ0n) is 8.77. The molecule has 1 amide bonds. The molecule has 0 bridgehead atoms. The summed E-state index contributed by atoms with van der Waals surface area (Å²) in [5.41, 5.74) is 0. The van der Waals surface area contributed by atoms with E-state index in [-0.39, 0.29) is 11.9 Å². The lowest BCUT2D eigenvalue weighted by atomic mass is 10.1. The third-order valence-corrected chi connectivity index (χ3v) is 2.44. The number of carbonyl (C=O) groups is 2. The van der Waals surface area contributed by atoms with E-state index in [0.717, 1.165) is 38.1 Å². The summed E-state index contributed by atoms with van der Waals surface area (Å²) < 4.78 is 0. The molecule has 0 aromatic heterocycles. The van der Waals surface area contributed by atoms with Gasteiger partial charge in [0.25, 0.3) is 0 Å². The molecule has 0 radical (unpaired) electrons. The molecule has 0 atom stereocenters. The van der Waals surface area contributed by atoms with Gasteiger partial charge in [0.2, 0.25) is 5.91 Å². The zero-order chi connectivity index (χ0) is 11.3. The number of carboxylic acids is 1. The van der Waals surface area contributed by atoms with Crippen LogP contribution in [0, 0.1) is 0 Å². The highest BCUT2D eigenvalue weighted by Gasteiger charge is 2.17. The van der Waals surface area contributed by atoms with Gasteiger partial charge in [-0.2, -0.15) is 0 Å². The molecule has 1 aliphatic rings. The van der Waals surface area contributed by atoms with E-state index in [4.69, 9.17) is 5.11 Å². The van der Waals surface area contributed by atoms with Crippen LogP contribution in [-0.2, 0) is 9.59 Å². The molecular weight excluding hydrogens is 196 g/mol. The van der Waals surface area contributed by atoms with Crippen molar-refractivity contribution in [2.75, 3.05) is 20.1 Å². The predicted molar refractivity (Wildman–Crippen MR) is 55.4 cm³/mol. The number of nitrogens with zero attached hydrogens (tertiary/aromatic N) is 1. The number of likely N-dealkylation sites (tertiary alicyclic amines) is 1. The van der Waals surface area contributed by atoms with Crippen LogP contribution in [0.15, 0.2) is 12.2 Å². The number of carboxylic acid groups (broad SMARTS) is 1. The number of amides is 1. The van der Waals surface area contributed by atoms with Crippen molar-refractivity contribution in [3.63, 3.8) is 0 Å². The number of hydrogen-bond donors (Lipinski definition) is 2. The summed E-state index contributed by atoms with van der Waals surface area (Å²) in [6, 6.07) is 0.173. The van der Waals surface area contributed by atoms with Gasteiger partial charge in [-0.3, -0.25) is 4.79 Å². The van der Waals surface area contributed by atoms with E-state index < -0.39 is 5.97 Å². The molecule has 0 aromatic carbocycles. The number of aliphatic carboxylic acids is 1. The molecule has 1 rings (SSSR count). The lowest BCUT2D eigenvalue weighted by Gasteiger charge is -2.29. The summed E-state index contributed by atoms with van der Waals surface area (Å²) in [7, 11) is 2.04. The van der Waals surface area contributed by atoms with Crippen molar-refractivity contribution in [2.45, 2.75) is 18.9 Å². The third-order valence-electron chi connectivity index (χ3n) is 2.44. The highest BCUT2D eigenvalue weighted by Crippen LogP contribution is 2.07. The van der Waals surface area contributed by atoms with Crippen molar-refractivity contribution >= 4 is 11.9 Å². The molecule has 1 heterocycles. The van der Waals surface area contributed by atoms with Crippen molar-refractivity contribution in [3.05, 3.63) is 12.2 Å². The van der Waals surface area contributed by atoms with Gasteiger partial charge < -0.3 is 15.3 Å². The van der Waals surface area contributed by atoms with Gasteiger partial charge in [-0.05, 0) is 33.0 Å². The van der Waals surface area contributed by atoms with E-state index in [2.05, 4.69) is 10.2 Å². The first kappa shape index (κ1) is 11.7. The normalized spacial score (nSPS) is 19.3. The summed E-state index contributed by atoms with van der Waals surface area (Å²) in [6.07, 6.45) is 3.75. The molecule has 0 spiro atoms. The Balaban J connectivity index is 2.29. The van der Waals surface area contributed by atoms with Gasteiger partial charge >= 0.3 is 5.97 Å². The third kappa shape index (κ3) is 4.60. The van der Waals surface area contributed by atoms with Crippen LogP contribution in [-0.4, -0.2) is 48.1 Å². The van der Waals surface area contributed by atoms with Gasteiger partial charge in [-0.15, -0.1) is 0 Å². The molecule has 0 saturated carbocycles. The van der Waals surface area contributed by atoms with Gasteiger partial charge in [-0.25, -0.2) is 4.79 Å². The van der Waals surface area contributed by atoms with Crippen molar-refractivity contribution in [3.8, 4) is 0 Å². The van der Waals surface area contributed by atoms with E-state index in [1.165, 1.54) is 0 Å². The Kier molecular flexibility index (Phi) is 4.30. The van der Waals surface area contributed by atoms with Crippen molar-refractivity contribution in [2.24, 2.45) is 0 Å². The highest BCUT2D eigenvalue weighted by molar-refractivity contribution is 5.93. The second-order valence-corrected chi connectivity index (χ2v) is 3.76. The number of piperidine rings is 1. The molecule has 1 saturated heterocycles. The van der Waals surface area contributed by atoms with E-state index in [1.54, 1.807) is 0 Å². The smallest absolute Gasteiger partial charge is 0.328 e. The minimum absolute atomic E-state index is 0.173. The Labute approximate surface area is 88.8 Å². The van der Waals surface area contributed by atoms with E-state index in [1.807, 2.05) is 7.05 Å². The molecule has 2 N–H and O–H groups in total. The summed E-state index contributed by atoms with van der Waals surface area (Å²) in [4.78, 5) is 23.6. The second kappa shape index (κ2) is 5.50. The van der Waals surface area contributed by atoms with Crippen LogP contribution in [0.2, 0.25) is 0 Å². The molecule has 15 heavy (non-hydrogen) atoms. The Morgan fingerprint density at radius 3 is 2.47 bits per heavy atom. The van der Waals surface area contributed by atoms with Crippen LogP contribution in [0.4, 0.5) is 0 Å².